The lowest BCUT2D eigenvalue weighted by Gasteiger charge is -2.37. The molecule has 11 heteroatoms. The van der Waals surface area contributed by atoms with Crippen molar-refractivity contribution in [2.75, 3.05) is 0 Å². The molecule has 4 rings (SSSR count). The van der Waals surface area contributed by atoms with Crippen LogP contribution in [0, 0.1) is 0 Å². The van der Waals surface area contributed by atoms with Crippen molar-refractivity contribution in [3.63, 3.8) is 0 Å². The molecule has 0 saturated carbocycles. The molecule has 0 saturated heterocycles. The summed E-state index contributed by atoms with van der Waals surface area (Å²) in [6, 6.07) is 12.3. The Kier molecular flexibility index (Phi) is 6.69. The van der Waals surface area contributed by atoms with Crippen LogP contribution in [0.3, 0.4) is 0 Å². The minimum atomic E-state index is -5.09. The van der Waals surface area contributed by atoms with Crippen LogP contribution in [0.15, 0.2) is 59.4 Å². The molecule has 4 aromatic rings. The number of alkyl halides is 3. The van der Waals surface area contributed by atoms with Gasteiger partial charge in [-0.15, -0.1) is 0 Å². The van der Waals surface area contributed by atoms with Crippen LogP contribution in [0.2, 0.25) is 10.0 Å². The first-order valence-corrected chi connectivity index (χ1v) is 11.7. The van der Waals surface area contributed by atoms with Crippen LogP contribution < -0.4 is 5.69 Å². The van der Waals surface area contributed by atoms with Crippen LogP contribution in [0.5, 0.6) is 0 Å². The highest BCUT2D eigenvalue weighted by molar-refractivity contribution is 6.34. The van der Waals surface area contributed by atoms with Gasteiger partial charge in [0.1, 0.15) is 0 Å². The first-order valence-electron chi connectivity index (χ1n) is 11.0. The van der Waals surface area contributed by atoms with Crippen LogP contribution in [-0.4, -0.2) is 31.5 Å². The van der Waals surface area contributed by atoms with E-state index in [1.54, 1.807) is 0 Å². The van der Waals surface area contributed by atoms with Crippen LogP contribution in [-0.2, 0) is 19.7 Å². The Hall–Kier alpha value is -3.27. The fourth-order valence-corrected chi connectivity index (χ4v) is 5.16. The molecule has 2 atom stereocenters. The van der Waals surface area contributed by atoms with Gasteiger partial charge in [0, 0.05) is 25.0 Å². The summed E-state index contributed by atoms with van der Waals surface area (Å²) in [5, 5.41) is 20.4. The van der Waals surface area contributed by atoms with E-state index < -0.39 is 34.9 Å². The second-order valence-electron chi connectivity index (χ2n) is 8.83. The molecule has 3 aromatic carbocycles. The van der Waals surface area contributed by atoms with Crippen molar-refractivity contribution < 1.29 is 28.2 Å². The highest BCUT2D eigenvalue weighted by Gasteiger charge is 2.59. The number of carboxylic acids is 1. The number of fused-ring (bicyclic) bond motifs is 1. The first kappa shape index (κ1) is 26.8. The Labute approximate surface area is 219 Å². The van der Waals surface area contributed by atoms with Crippen LogP contribution in [0.4, 0.5) is 13.2 Å². The molecule has 0 unspecified atom stereocenters. The summed E-state index contributed by atoms with van der Waals surface area (Å²) in [6.45, 7) is 1.22. The van der Waals surface area contributed by atoms with Gasteiger partial charge in [-0.1, -0.05) is 54.4 Å². The van der Waals surface area contributed by atoms with Crippen molar-refractivity contribution in [2.45, 2.75) is 24.6 Å². The van der Waals surface area contributed by atoms with E-state index in [-0.39, 0.29) is 26.7 Å². The van der Waals surface area contributed by atoms with Crippen LogP contribution in [0.1, 0.15) is 34.3 Å². The molecule has 0 bridgehead atoms. The molecule has 0 aliphatic rings. The predicted molar refractivity (Wildman–Crippen MR) is 135 cm³/mol. The van der Waals surface area contributed by atoms with E-state index in [1.807, 2.05) is 0 Å². The van der Waals surface area contributed by atoms with Crippen LogP contribution >= 0.6 is 23.2 Å². The molecule has 0 aliphatic heterocycles. The summed E-state index contributed by atoms with van der Waals surface area (Å²) in [6.07, 6.45) is -5.09. The minimum Gasteiger partial charge on any atom is -0.478 e. The Balaban J connectivity index is 1.81. The lowest BCUT2D eigenvalue weighted by atomic mass is 9.77. The van der Waals surface area contributed by atoms with E-state index in [9.17, 15) is 27.9 Å². The van der Waals surface area contributed by atoms with E-state index in [1.165, 1.54) is 72.6 Å². The second kappa shape index (κ2) is 9.24. The molecule has 6 nitrogen and oxygen atoms in total. The molecule has 1 heterocycles. The maximum absolute atomic E-state index is 14.5. The largest absolute Gasteiger partial charge is 0.478 e. The topological polar surface area (TPSA) is 84.5 Å². The molecule has 0 radical (unpaired) electrons. The molecule has 37 heavy (non-hydrogen) atoms. The third-order valence-electron chi connectivity index (χ3n) is 6.77. The van der Waals surface area contributed by atoms with Gasteiger partial charge in [-0.25, -0.2) is 9.59 Å². The van der Waals surface area contributed by atoms with E-state index in [2.05, 4.69) is 0 Å². The number of carboxylic acid groups (broad SMARTS) is 1. The number of aromatic carboxylic acids is 1. The van der Waals surface area contributed by atoms with Crippen molar-refractivity contribution in [2.24, 2.45) is 14.1 Å². The number of imidazole rings is 1. The van der Waals surface area contributed by atoms with E-state index >= 15 is 0 Å². The first-order chi connectivity index (χ1) is 17.2. The summed E-state index contributed by atoms with van der Waals surface area (Å²) in [5.41, 5.74) is -2.56. The van der Waals surface area contributed by atoms with Crippen molar-refractivity contribution in [3.8, 4) is 11.1 Å². The number of carbonyl (C=O) groups is 1. The number of benzene rings is 3. The average molecular weight is 553 g/mol. The van der Waals surface area contributed by atoms with Crippen molar-refractivity contribution >= 4 is 40.2 Å². The average Bonchev–Trinajstić information content (AvgIpc) is 3.05. The summed E-state index contributed by atoms with van der Waals surface area (Å²) < 4.78 is 46.0. The van der Waals surface area contributed by atoms with E-state index in [0.717, 1.165) is 12.1 Å². The predicted octanol–water partition coefficient (Wildman–Crippen LogP) is 6.10. The molecule has 194 valence electrons. The zero-order valence-electron chi connectivity index (χ0n) is 19.8. The van der Waals surface area contributed by atoms with Crippen molar-refractivity contribution in [1.29, 1.82) is 0 Å². The van der Waals surface area contributed by atoms with E-state index in [0.29, 0.717) is 16.6 Å². The van der Waals surface area contributed by atoms with Crippen molar-refractivity contribution in [1.82, 2.24) is 9.13 Å². The number of halogens is 5. The number of hydrogen-bond acceptors (Lipinski definition) is 3. The molecule has 2 N–H and O–H groups in total. The van der Waals surface area contributed by atoms with E-state index in [4.69, 9.17) is 28.3 Å². The maximum Gasteiger partial charge on any atom is 0.422 e. The van der Waals surface area contributed by atoms with Gasteiger partial charge in [-0.3, -0.25) is 9.13 Å². The van der Waals surface area contributed by atoms with Gasteiger partial charge >= 0.3 is 17.8 Å². The van der Waals surface area contributed by atoms with Crippen molar-refractivity contribution in [3.05, 3.63) is 91.8 Å². The molecule has 1 aromatic heterocycles. The zero-order chi connectivity index (χ0) is 27.4. The molecular formula is C26H21Cl2F3N2O4. The summed E-state index contributed by atoms with van der Waals surface area (Å²) in [4.78, 5) is 23.5. The number of aromatic nitrogens is 2. The lowest BCUT2D eigenvalue weighted by molar-refractivity contribution is -0.274. The molecule has 0 fully saturated rings. The Bertz CT molecular complexity index is 1610. The number of rotatable bonds is 5. The standard InChI is InChI=1S/C26H21Cl2F3N2O4/c1-13(17-7-4-14(10-19(17)27)15-5-8-18(23(34)35)20(28)11-15)25(37,26(29,30)31)16-6-9-21-22(12-16)33(3)24(36)32(21)2/h4-13,37H,1-3H3,(H,34,35)/t13-,25-/m1/s1. The number of aryl methyl sites for hydroxylation is 2. The third-order valence-corrected chi connectivity index (χ3v) is 7.41. The van der Waals surface area contributed by atoms with Gasteiger partial charge < -0.3 is 10.2 Å². The molecule has 0 spiro atoms. The van der Waals surface area contributed by atoms with Gasteiger partial charge in [0.2, 0.25) is 0 Å². The lowest BCUT2D eigenvalue weighted by Crippen LogP contribution is -2.46. The minimum absolute atomic E-state index is 0.00397. The van der Waals surface area contributed by atoms with Crippen LogP contribution in [0.25, 0.3) is 22.2 Å². The Morgan fingerprint density at radius 2 is 1.46 bits per heavy atom. The zero-order valence-corrected chi connectivity index (χ0v) is 21.3. The third kappa shape index (κ3) is 4.31. The van der Waals surface area contributed by atoms with Gasteiger partial charge in [0.15, 0.2) is 5.60 Å². The fourth-order valence-electron chi connectivity index (χ4n) is 4.55. The summed E-state index contributed by atoms with van der Waals surface area (Å²) >= 11 is 12.5. The molecule has 0 aliphatic carbocycles. The number of aliphatic hydroxyl groups is 1. The van der Waals surface area contributed by atoms with Gasteiger partial charge in [-0.05, 0) is 52.6 Å². The number of hydrogen-bond donors (Lipinski definition) is 2. The molecular weight excluding hydrogens is 532 g/mol. The summed E-state index contributed by atoms with van der Waals surface area (Å²) in [7, 11) is 2.95. The monoisotopic (exact) mass is 552 g/mol. The highest BCUT2D eigenvalue weighted by Crippen LogP contribution is 2.50. The Morgan fingerprint density at radius 1 is 0.892 bits per heavy atom. The summed E-state index contributed by atoms with van der Waals surface area (Å²) in [5.74, 6) is -2.73. The second-order valence-corrected chi connectivity index (χ2v) is 9.64. The van der Waals surface area contributed by atoms with Gasteiger partial charge in [0.05, 0.1) is 21.6 Å². The quantitative estimate of drug-likeness (QED) is 0.313. The maximum atomic E-state index is 14.5. The van der Waals surface area contributed by atoms with Gasteiger partial charge in [0.25, 0.3) is 0 Å². The highest BCUT2D eigenvalue weighted by atomic mass is 35.5. The molecule has 0 amide bonds. The Morgan fingerprint density at radius 3 is 2.00 bits per heavy atom. The fraction of sp³-hybridized carbons (Fsp3) is 0.231. The SMILES string of the molecule is C[C@H](c1ccc(-c2ccc(C(=O)O)c(Cl)c2)cc1Cl)[C@@](O)(c1ccc2c(c1)n(C)c(=O)n2C)C(F)(F)F. The van der Waals surface area contributed by atoms with Gasteiger partial charge in [-0.2, -0.15) is 13.2 Å². The normalized spacial score (nSPS) is 14.5. The number of nitrogens with zero attached hydrogens (tertiary/aromatic N) is 2. The smallest absolute Gasteiger partial charge is 0.422 e.